The van der Waals surface area contributed by atoms with Crippen LogP contribution in [0.25, 0.3) is 0 Å². The molecule has 0 saturated carbocycles. The van der Waals surface area contributed by atoms with Crippen LogP contribution in [0.4, 0.5) is 0 Å². The molecule has 0 amide bonds. The van der Waals surface area contributed by atoms with Crippen molar-refractivity contribution in [2.75, 3.05) is 13.1 Å². The summed E-state index contributed by atoms with van der Waals surface area (Å²) in [7, 11) is 0. The molecule has 1 rings (SSSR count). The van der Waals surface area contributed by atoms with Crippen molar-refractivity contribution < 1.29 is 9.90 Å². The number of rotatable bonds is 6. The van der Waals surface area contributed by atoms with Crippen LogP contribution in [-0.4, -0.2) is 29.1 Å². The Morgan fingerprint density at radius 2 is 2.43 bits per heavy atom. The summed E-state index contributed by atoms with van der Waals surface area (Å²) < 4.78 is 0. The van der Waals surface area contributed by atoms with Crippen molar-refractivity contribution in [3.05, 3.63) is 16.1 Å². The molecule has 0 saturated heterocycles. The maximum absolute atomic E-state index is 10.2. The van der Waals surface area contributed by atoms with Crippen molar-refractivity contribution >= 4 is 17.3 Å². The van der Waals surface area contributed by atoms with Gasteiger partial charge in [0.05, 0.1) is 17.1 Å². The molecule has 0 atom stereocenters. The minimum atomic E-state index is -0.762. The zero-order chi connectivity index (χ0) is 10.4. The zero-order valence-electron chi connectivity index (χ0n) is 8.12. The Hall–Kier alpha value is -0.940. The van der Waals surface area contributed by atoms with Crippen molar-refractivity contribution in [3.8, 4) is 0 Å². The number of hydrogen-bond acceptors (Lipinski definition) is 4. The Morgan fingerprint density at radius 1 is 1.64 bits per heavy atom. The third-order valence-corrected chi connectivity index (χ3v) is 2.56. The highest BCUT2D eigenvalue weighted by molar-refractivity contribution is 7.09. The van der Waals surface area contributed by atoms with E-state index in [0.29, 0.717) is 6.54 Å². The summed E-state index contributed by atoms with van der Waals surface area (Å²) in [4.78, 5) is 14.5. The summed E-state index contributed by atoms with van der Waals surface area (Å²) in [6.07, 6.45) is 1.04. The number of carboxylic acids is 1. The van der Waals surface area contributed by atoms with Crippen LogP contribution in [0, 0.1) is 6.92 Å². The van der Waals surface area contributed by atoms with Crippen molar-refractivity contribution in [3.63, 3.8) is 0 Å². The zero-order valence-corrected chi connectivity index (χ0v) is 8.93. The van der Waals surface area contributed by atoms with Crippen molar-refractivity contribution in [1.29, 1.82) is 0 Å². The predicted molar refractivity (Wildman–Crippen MR) is 55.7 cm³/mol. The van der Waals surface area contributed by atoms with Gasteiger partial charge < -0.3 is 10.4 Å². The Morgan fingerprint density at radius 3 is 3.00 bits per heavy atom. The molecule has 2 N–H and O–H groups in total. The van der Waals surface area contributed by atoms with Gasteiger partial charge in [0.2, 0.25) is 0 Å². The molecule has 0 spiro atoms. The van der Waals surface area contributed by atoms with Crippen LogP contribution in [0.15, 0.2) is 5.38 Å². The van der Waals surface area contributed by atoms with Crippen LogP contribution >= 0.6 is 11.3 Å². The van der Waals surface area contributed by atoms with Gasteiger partial charge in [-0.3, -0.25) is 4.79 Å². The molecule has 4 nitrogen and oxygen atoms in total. The molecule has 78 valence electrons. The van der Waals surface area contributed by atoms with E-state index < -0.39 is 5.97 Å². The molecule has 0 fully saturated rings. The highest BCUT2D eigenvalue weighted by atomic mass is 32.1. The van der Waals surface area contributed by atoms with Gasteiger partial charge in [0.1, 0.15) is 0 Å². The average Bonchev–Trinajstić information content (AvgIpc) is 2.50. The van der Waals surface area contributed by atoms with Gasteiger partial charge in [-0.15, -0.1) is 11.3 Å². The Bertz CT molecular complexity index is 299. The number of aryl methyl sites for hydroxylation is 1. The van der Waals surface area contributed by atoms with E-state index in [2.05, 4.69) is 10.3 Å². The van der Waals surface area contributed by atoms with Gasteiger partial charge in [-0.25, -0.2) is 4.98 Å². The van der Waals surface area contributed by atoms with E-state index in [0.717, 1.165) is 23.7 Å². The molecule has 1 aromatic heterocycles. The molecule has 14 heavy (non-hydrogen) atoms. The number of nitrogens with one attached hydrogen (secondary N) is 1. The number of hydrogen-bond donors (Lipinski definition) is 2. The second-order valence-electron chi connectivity index (χ2n) is 3.00. The van der Waals surface area contributed by atoms with Crippen molar-refractivity contribution in [2.45, 2.75) is 19.8 Å². The number of nitrogens with zero attached hydrogens (tertiary/aromatic N) is 1. The first-order valence-corrected chi connectivity index (χ1v) is 5.40. The van der Waals surface area contributed by atoms with Gasteiger partial charge in [-0.1, -0.05) is 0 Å². The molecule has 0 aliphatic carbocycles. The molecule has 5 heteroatoms. The smallest absolute Gasteiger partial charge is 0.304 e. The molecule has 0 radical (unpaired) electrons. The van der Waals surface area contributed by atoms with Crippen LogP contribution in [0.3, 0.4) is 0 Å². The number of aliphatic carboxylic acids is 1. The van der Waals surface area contributed by atoms with E-state index in [9.17, 15) is 4.79 Å². The second kappa shape index (κ2) is 5.72. The van der Waals surface area contributed by atoms with Crippen LogP contribution in [0.1, 0.15) is 17.1 Å². The summed E-state index contributed by atoms with van der Waals surface area (Å²) in [6.45, 7) is 3.29. The van der Waals surface area contributed by atoms with E-state index in [-0.39, 0.29) is 6.42 Å². The van der Waals surface area contributed by atoms with Gasteiger partial charge in [0.15, 0.2) is 0 Å². The Labute approximate surface area is 87.0 Å². The van der Waals surface area contributed by atoms with E-state index >= 15 is 0 Å². The van der Waals surface area contributed by atoms with Gasteiger partial charge in [0.25, 0.3) is 0 Å². The molecule has 0 aliphatic rings. The molecule has 1 aromatic rings. The predicted octanol–water partition coefficient (Wildman–Crippen LogP) is 1.06. The molecule has 0 aromatic carbocycles. The SMILES string of the molecule is Cc1nc(CCNCCC(=O)O)cs1. The van der Waals surface area contributed by atoms with Gasteiger partial charge in [0, 0.05) is 24.9 Å². The molecule has 0 aliphatic heterocycles. The fraction of sp³-hybridized carbons (Fsp3) is 0.556. The van der Waals surface area contributed by atoms with Crippen molar-refractivity contribution in [2.24, 2.45) is 0 Å². The molecular formula is C9H14N2O2S. The minimum absolute atomic E-state index is 0.177. The summed E-state index contributed by atoms with van der Waals surface area (Å²) in [5.41, 5.74) is 1.08. The first-order chi connectivity index (χ1) is 6.68. The van der Waals surface area contributed by atoms with E-state index in [4.69, 9.17) is 5.11 Å². The lowest BCUT2D eigenvalue weighted by Crippen LogP contribution is -2.20. The largest absolute Gasteiger partial charge is 0.481 e. The van der Waals surface area contributed by atoms with Crippen molar-refractivity contribution in [1.82, 2.24) is 10.3 Å². The monoisotopic (exact) mass is 214 g/mol. The van der Waals surface area contributed by atoms with Gasteiger partial charge in [-0.2, -0.15) is 0 Å². The second-order valence-corrected chi connectivity index (χ2v) is 4.06. The maximum Gasteiger partial charge on any atom is 0.304 e. The van der Waals surface area contributed by atoms with Crippen LogP contribution in [0.5, 0.6) is 0 Å². The van der Waals surface area contributed by atoms with E-state index in [1.165, 1.54) is 0 Å². The summed E-state index contributed by atoms with van der Waals surface area (Å²) in [6, 6.07) is 0. The molecule has 0 bridgehead atoms. The van der Waals surface area contributed by atoms with E-state index in [1.807, 2.05) is 12.3 Å². The van der Waals surface area contributed by atoms with Crippen LogP contribution in [0.2, 0.25) is 0 Å². The third kappa shape index (κ3) is 4.34. The fourth-order valence-electron chi connectivity index (χ4n) is 1.06. The summed E-state index contributed by atoms with van der Waals surface area (Å²) in [5, 5.41) is 14.6. The van der Waals surface area contributed by atoms with Crippen LogP contribution in [-0.2, 0) is 11.2 Å². The minimum Gasteiger partial charge on any atom is -0.481 e. The van der Waals surface area contributed by atoms with Crippen LogP contribution < -0.4 is 5.32 Å². The number of carboxylic acid groups (broad SMARTS) is 1. The Balaban J connectivity index is 2.07. The highest BCUT2D eigenvalue weighted by Crippen LogP contribution is 2.07. The number of aromatic nitrogens is 1. The van der Waals surface area contributed by atoms with E-state index in [1.54, 1.807) is 11.3 Å². The Kier molecular flexibility index (Phi) is 4.55. The normalized spacial score (nSPS) is 10.4. The van der Waals surface area contributed by atoms with Gasteiger partial charge >= 0.3 is 5.97 Å². The number of thiazole rings is 1. The average molecular weight is 214 g/mol. The summed E-state index contributed by atoms with van der Waals surface area (Å²) in [5.74, 6) is -0.762. The number of carbonyl (C=O) groups is 1. The third-order valence-electron chi connectivity index (χ3n) is 1.74. The molecule has 1 heterocycles. The first kappa shape index (κ1) is 11.1. The quantitative estimate of drug-likeness (QED) is 0.695. The molecular weight excluding hydrogens is 200 g/mol. The lowest BCUT2D eigenvalue weighted by molar-refractivity contribution is -0.136. The molecule has 0 unspecified atom stereocenters. The fourth-order valence-corrected chi connectivity index (χ4v) is 1.71. The lowest BCUT2D eigenvalue weighted by atomic mass is 10.3. The summed E-state index contributed by atoms with van der Waals surface area (Å²) >= 11 is 1.64. The van der Waals surface area contributed by atoms with Gasteiger partial charge in [-0.05, 0) is 6.92 Å². The highest BCUT2D eigenvalue weighted by Gasteiger charge is 1.98. The topological polar surface area (TPSA) is 62.2 Å². The standard InChI is InChI=1S/C9H14N2O2S/c1-7-11-8(6-14-7)2-4-10-5-3-9(12)13/h6,10H,2-5H2,1H3,(H,12,13). The first-order valence-electron chi connectivity index (χ1n) is 4.52. The lowest BCUT2D eigenvalue weighted by Gasteiger charge is -1.99. The maximum atomic E-state index is 10.2.